The van der Waals surface area contributed by atoms with Gasteiger partial charge in [-0.05, 0) is 37.7 Å². The molecule has 4 nitrogen and oxygen atoms in total. The van der Waals surface area contributed by atoms with Gasteiger partial charge in [-0.3, -0.25) is 4.57 Å². The molecule has 0 atom stereocenters. The number of thioether (sulfide) groups is 1. The Morgan fingerprint density at radius 2 is 2.16 bits per heavy atom. The SMILES string of the molecule is CSC1(Cn2c(N)nc3cc(C)cnc32)CCCC1. The fraction of sp³-hybridized carbons (Fsp3) is 0.571. The Hall–Kier alpha value is -1.23. The summed E-state index contributed by atoms with van der Waals surface area (Å²) in [6.45, 7) is 2.95. The maximum Gasteiger partial charge on any atom is 0.202 e. The monoisotopic (exact) mass is 276 g/mol. The molecule has 0 aliphatic heterocycles. The first-order chi connectivity index (χ1) is 9.13. The van der Waals surface area contributed by atoms with E-state index in [1.54, 1.807) is 0 Å². The van der Waals surface area contributed by atoms with Gasteiger partial charge in [0.05, 0.1) is 0 Å². The molecule has 0 aromatic carbocycles. The Morgan fingerprint density at radius 3 is 2.84 bits per heavy atom. The summed E-state index contributed by atoms with van der Waals surface area (Å²) in [4.78, 5) is 8.97. The van der Waals surface area contributed by atoms with Crippen LogP contribution in [0.3, 0.4) is 0 Å². The summed E-state index contributed by atoms with van der Waals surface area (Å²) in [6.07, 6.45) is 9.26. The Morgan fingerprint density at radius 1 is 1.42 bits per heavy atom. The van der Waals surface area contributed by atoms with Gasteiger partial charge in [-0.25, -0.2) is 9.97 Å². The van der Waals surface area contributed by atoms with Crippen LogP contribution < -0.4 is 5.73 Å². The second-order valence-electron chi connectivity index (χ2n) is 5.51. The summed E-state index contributed by atoms with van der Waals surface area (Å²) in [5.41, 5.74) is 9.05. The third-order valence-electron chi connectivity index (χ3n) is 4.15. The summed E-state index contributed by atoms with van der Waals surface area (Å²) in [5.74, 6) is 0.591. The number of hydrogen-bond donors (Lipinski definition) is 1. The number of nitrogens with two attached hydrogens (primary N) is 1. The zero-order valence-corrected chi connectivity index (χ0v) is 12.3. The molecule has 19 heavy (non-hydrogen) atoms. The first kappa shape index (κ1) is 12.8. The zero-order chi connectivity index (χ0) is 13.5. The van der Waals surface area contributed by atoms with Crippen molar-refractivity contribution in [2.45, 2.75) is 43.9 Å². The summed E-state index contributed by atoms with van der Waals surface area (Å²) < 4.78 is 2.41. The van der Waals surface area contributed by atoms with Gasteiger partial charge in [0.1, 0.15) is 5.52 Å². The third kappa shape index (κ3) is 2.20. The quantitative estimate of drug-likeness (QED) is 0.936. The number of nitrogens with zero attached hydrogens (tertiary/aromatic N) is 3. The van der Waals surface area contributed by atoms with Crippen molar-refractivity contribution in [2.24, 2.45) is 0 Å². The van der Waals surface area contributed by atoms with Gasteiger partial charge in [-0.1, -0.05) is 12.8 Å². The molecule has 0 radical (unpaired) electrons. The standard InChI is InChI=1S/C14H20N4S/c1-10-7-11-12(16-8-10)18(13(15)17-11)9-14(19-2)5-3-4-6-14/h7-8H,3-6,9H2,1-2H3,(H2,15,17). The number of rotatable bonds is 3. The molecule has 1 aliphatic carbocycles. The van der Waals surface area contributed by atoms with E-state index >= 15 is 0 Å². The van der Waals surface area contributed by atoms with E-state index in [4.69, 9.17) is 5.73 Å². The average Bonchev–Trinajstić information content (AvgIpc) is 2.96. The van der Waals surface area contributed by atoms with Crippen molar-refractivity contribution in [1.29, 1.82) is 0 Å². The molecule has 2 N–H and O–H groups in total. The highest BCUT2D eigenvalue weighted by Crippen LogP contribution is 2.42. The Balaban J connectivity index is 2.02. The van der Waals surface area contributed by atoms with Gasteiger partial charge in [-0.15, -0.1) is 0 Å². The number of anilines is 1. The van der Waals surface area contributed by atoms with Crippen LogP contribution in [-0.2, 0) is 6.54 Å². The summed E-state index contributed by atoms with van der Waals surface area (Å²) >= 11 is 1.97. The van der Waals surface area contributed by atoms with Gasteiger partial charge in [0.15, 0.2) is 5.65 Å². The first-order valence-electron chi connectivity index (χ1n) is 6.77. The zero-order valence-electron chi connectivity index (χ0n) is 11.5. The molecule has 1 fully saturated rings. The van der Waals surface area contributed by atoms with Gasteiger partial charge in [0, 0.05) is 17.5 Å². The molecule has 2 aromatic rings. The van der Waals surface area contributed by atoms with Crippen LogP contribution in [-0.4, -0.2) is 25.5 Å². The fourth-order valence-electron chi connectivity index (χ4n) is 3.02. The van der Waals surface area contributed by atoms with Crippen molar-refractivity contribution in [2.75, 3.05) is 12.0 Å². The van der Waals surface area contributed by atoms with E-state index in [2.05, 4.69) is 26.9 Å². The van der Waals surface area contributed by atoms with Crippen LogP contribution in [0.1, 0.15) is 31.2 Å². The van der Waals surface area contributed by atoms with Crippen molar-refractivity contribution >= 4 is 28.9 Å². The van der Waals surface area contributed by atoms with Crippen molar-refractivity contribution in [1.82, 2.24) is 14.5 Å². The van der Waals surface area contributed by atoms with E-state index in [0.29, 0.717) is 10.7 Å². The van der Waals surface area contributed by atoms with E-state index in [0.717, 1.165) is 23.3 Å². The Bertz CT molecular complexity index is 599. The van der Waals surface area contributed by atoms with Crippen LogP contribution in [0.2, 0.25) is 0 Å². The van der Waals surface area contributed by atoms with Crippen molar-refractivity contribution in [3.8, 4) is 0 Å². The van der Waals surface area contributed by atoms with Crippen molar-refractivity contribution in [3.63, 3.8) is 0 Å². The van der Waals surface area contributed by atoms with Crippen LogP contribution in [0.5, 0.6) is 0 Å². The van der Waals surface area contributed by atoms with Crippen LogP contribution in [0.4, 0.5) is 5.95 Å². The highest BCUT2D eigenvalue weighted by molar-refractivity contribution is 8.00. The number of aromatic nitrogens is 3. The summed E-state index contributed by atoms with van der Waals surface area (Å²) in [7, 11) is 0. The lowest BCUT2D eigenvalue weighted by Crippen LogP contribution is -2.27. The molecular formula is C14H20N4S. The lowest BCUT2D eigenvalue weighted by molar-refractivity contribution is 0.516. The van der Waals surface area contributed by atoms with Gasteiger partial charge in [-0.2, -0.15) is 11.8 Å². The van der Waals surface area contributed by atoms with Gasteiger partial charge in [0.2, 0.25) is 5.95 Å². The second-order valence-corrected chi connectivity index (χ2v) is 6.78. The molecule has 5 heteroatoms. The van der Waals surface area contributed by atoms with E-state index in [-0.39, 0.29) is 0 Å². The highest BCUT2D eigenvalue weighted by Gasteiger charge is 2.34. The minimum absolute atomic E-state index is 0.314. The minimum Gasteiger partial charge on any atom is -0.369 e. The first-order valence-corrected chi connectivity index (χ1v) is 7.99. The molecule has 0 bridgehead atoms. The van der Waals surface area contributed by atoms with E-state index in [1.165, 1.54) is 25.7 Å². The molecule has 1 aliphatic rings. The van der Waals surface area contributed by atoms with Crippen molar-refractivity contribution in [3.05, 3.63) is 17.8 Å². The molecule has 1 saturated carbocycles. The fourth-order valence-corrected chi connectivity index (χ4v) is 3.97. The van der Waals surface area contributed by atoms with E-state index < -0.39 is 0 Å². The molecule has 2 aromatic heterocycles. The second kappa shape index (κ2) is 4.71. The molecule has 0 unspecified atom stereocenters. The minimum atomic E-state index is 0.314. The number of hydrogen-bond acceptors (Lipinski definition) is 4. The van der Waals surface area contributed by atoms with Crippen LogP contribution in [0.25, 0.3) is 11.2 Å². The Labute approximate surface area is 117 Å². The predicted octanol–water partition coefficient (Wildman–Crippen LogP) is 3.00. The number of nitrogen functional groups attached to an aromatic ring is 1. The molecule has 0 saturated heterocycles. The number of aryl methyl sites for hydroxylation is 1. The molecule has 2 heterocycles. The van der Waals surface area contributed by atoms with Gasteiger partial charge >= 0.3 is 0 Å². The van der Waals surface area contributed by atoms with Crippen molar-refractivity contribution < 1.29 is 0 Å². The van der Waals surface area contributed by atoms with Gasteiger partial charge < -0.3 is 5.73 Å². The molecule has 3 rings (SSSR count). The average molecular weight is 276 g/mol. The molecule has 0 amide bonds. The number of fused-ring (bicyclic) bond motifs is 1. The van der Waals surface area contributed by atoms with Crippen LogP contribution in [0, 0.1) is 6.92 Å². The van der Waals surface area contributed by atoms with Crippen LogP contribution >= 0.6 is 11.8 Å². The lowest BCUT2D eigenvalue weighted by Gasteiger charge is -2.27. The normalized spacial score (nSPS) is 18.2. The smallest absolute Gasteiger partial charge is 0.202 e. The molecule has 102 valence electrons. The maximum atomic E-state index is 6.10. The molecular weight excluding hydrogens is 256 g/mol. The number of pyridine rings is 1. The summed E-state index contributed by atoms with van der Waals surface area (Å²) in [6, 6.07) is 2.05. The lowest BCUT2D eigenvalue weighted by atomic mass is 10.1. The maximum absolute atomic E-state index is 6.10. The summed E-state index contributed by atoms with van der Waals surface area (Å²) in [5, 5.41) is 0. The highest BCUT2D eigenvalue weighted by atomic mass is 32.2. The largest absolute Gasteiger partial charge is 0.369 e. The molecule has 0 spiro atoms. The van der Waals surface area contributed by atoms with E-state index in [1.807, 2.05) is 24.9 Å². The Kier molecular flexibility index (Phi) is 3.17. The predicted molar refractivity (Wildman–Crippen MR) is 81.4 cm³/mol. The topological polar surface area (TPSA) is 56.7 Å². The van der Waals surface area contributed by atoms with Gasteiger partial charge in [0.25, 0.3) is 0 Å². The van der Waals surface area contributed by atoms with E-state index in [9.17, 15) is 0 Å². The third-order valence-corrected chi connectivity index (χ3v) is 5.55. The number of imidazole rings is 1. The van der Waals surface area contributed by atoms with Crippen LogP contribution in [0.15, 0.2) is 12.3 Å².